The smallest absolute Gasteiger partial charge is 0.459 e. The number of rotatable bonds is 3. The minimum atomic E-state index is -5.79. The lowest BCUT2D eigenvalue weighted by molar-refractivity contribution is -0.261. The van der Waals surface area contributed by atoms with Gasteiger partial charge in [0.2, 0.25) is 0 Å². The fourth-order valence-electron chi connectivity index (χ4n) is 1.86. The van der Waals surface area contributed by atoms with Crippen molar-refractivity contribution in [2.75, 3.05) is 0 Å². The summed E-state index contributed by atoms with van der Waals surface area (Å²) in [5.41, 5.74) is -0.881. The van der Waals surface area contributed by atoms with Gasteiger partial charge in [-0.2, -0.15) is 22.0 Å². The van der Waals surface area contributed by atoms with Gasteiger partial charge in [0.05, 0.1) is 11.0 Å². The Balaban J connectivity index is 2.97. The molecule has 0 aromatic carbocycles. The first kappa shape index (κ1) is 15.2. The standard InChI is InChI=1S/C10H10ClF5O2/c1-8(2)4(6(8)7(17)18)3-5(11)9(12,13)10(14,15)16/h3-4,6H,1-2H3,(H,17,18)/b5-3-/t4-,6+/m1/s1. The van der Waals surface area contributed by atoms with Crippen molar-refractivity contribution in [3.05, 3.63) is 11.1 Å². The molecule has 0 bridgehead atoms. The molecule has 1 fully saturated rings. The van der Waals surface area contributed by atoms with Gasteiger partial charge in [-0.3, -0.25) is 4.79 Å². The van der Waals surface area contributed by atoms with Crippen molar-refractivity contribution in [3.8, 4) is 0 Å². The Morgan fingerprint density at radius 2 is 1.72 bits per heavy atom. The van der Waals surface area contributed by atoms with Crippen LogP contribution in [0.1, 0.15) is 13.8 Å². The van der Waals surface area contributed by atoms with Gasteiger partial charge in [0.25, 0.3) is 0 Å². The molecule has 1 aliphatic rings. The highest BCUT2D eigenvalue weighted by Crippen LogP contribution is 2.60. The number of allylic oxidation sites excluding steroid dienone is 2. The first-order valence-corrected chi connectivity index (χ1v) is 5.26. The zero-order chi connectivity index (χ0) is 14.5. The maximum absolute atomic E-state index is 12.8. The average molecular weight is 293 g/mol. The van der Waals surface area contributed by atoms with Gasteiger partial charge in [0.15, 0.2) is 0 Å². The van der Waals surface area contributed by atoms with Crippen molar-refractivity contribution in [2.45, 2.75) is 25.9 Å². The van der Waals surface area contributed by atoms with E-state index in [0.717, 1.165) is 0 Å². The SMILES string of the molecule is CC1(C)[C@H](/C=C(\Cl)C(F)(F)C(F)(F)F)[C@H]1C(=O)O. The van der Waals surface area contributed by atoms with Crippen molar-refractivity contribution in [1.29, 1.82) is 0 Å². The molecule has 2 nitrogen and oxygen atoms in total. The highest BCUT2D eigenvalue weighted by Gasteiger charge is 2.64. The van der Waals surface area contributed by atoms with E-state index in [1.165, 1.54) is 13.8 Å². The molecule has 18 heavy (non-hydrogen) atoms. The van der Waals surface area contributed by atoms with Crippen molar-refractivity contribution in [3.63, 3.8) is 0 Å². The van der Waals surface area contributed by atoms with Crippen molar-refractivity contribution >= 4 is 17.6 Å². The maximum Gasteiger partial charge on any atom is 0.459 e. The molecule has 1 rings (SSSR count). The van der Waals surface area contributed by atoms with Gasteiger partial charge in [0.1, 0.15) is 0 Å². The molecule has 0 unspecified atom stereocenters. The van der Waals surface area contributed by atoms with E-state index in [0.29, 0.717) is 6.08 Å². The average Bonchev–Trinajstić information content (AvgIpc) is 2.65. The van der Waals surface area contributed by atoms with Crippen LogP contribution in [-0.2, 0) is 4.79 Å². The van der Waals surface area contributed by atoms with Crippen LogP contribution in [0.25, 0.3) is 0 Å². The Labute approximate surface area is 104 Å². The van der Waals surface area contributed by atoms with Gasteiger partial charge in [-0.25, -0.2) is 0 Å². The summed E-state index contributed by atoms with van der Waals surface area (Å²) in [5, 5.41) is 7.07. The monoisotopic (exact) mass is 292 g/mol. The molecule has 2 atom stereocenters. The molecule has 1 saturated carbocycles. The van der Waals surface area contributed by atoms with Gasteiger partial charge < -0.3 is 5.11 Å². The third kappa shape index (κ3) is 2.32. The van der Waals surface area contributed by atoms with E-state index in [1.54, 1.807) is 0 Å². The Hall–Kier alpha value is -0.850. The van der Waals surface area contributed by atoms with E-state index in [4.69, 9.17) is 16.7 Å². The minimum absolute atomic E-state index is 0.494. The molecular weight excluding hydrogens is 283 g/mol. The molecular formula is C10H10ClF5O2. The number of carboxylic acid groups (broad SMARTS) is 1. The predicted octanol–water partition coefficient (Wildman–Crippen LogP) is 3.66. The zero-order valence-corrected chi connectivity index (χ0v) is 10.1. The molecule has 0 saturated heterocycles. The van der Waals surface area contributed by atoms with E-state index in [1.807, 2.05) is 0 Å². The molecule has 0 heterocycles. The Morgan fingerprint density at radius 1 is 1.28 bits per heavy atom. The zero-order valence-electron chi connectivity index (χ0n) is 9.36. The third-order valence-corrected chi connectivity index (χ3v) is 3.52. The normalized spacial score (nSPS) is 28.1. The number of aliphatic carboxylic acids is 1. The maximum atomic E-state index is 12.8. The summed E-state index contributed by atoms with van der Waals surface area (Å²) >= 11 is 4.99. The molecule has 1 aliphatic carbocycles. The van der Waals surface area contributed by atoms with Gasteiger partial charge in [-0.05, 0) is 11.3 Å². The van der Waals surface area contributed by atoms with Crippen LogP contribution >= 0.6 is 11.6 Å². The summed E-state index contributed by atoms with van der Waals surface area (Å²) in [4.78, 5) is 10.7. The van der Waals surface area contributed by atoms with Crippen molar-refractivity contribution < 1.29 is 31.9 Å². The van der Waals surface area contributed by atoms with E-state index in [9.17, 15) is 26.7 Å². The van der Waals surface area contributed by atoms with Crippen LogP contribution in [0.5, 0.6) is 0 Å². The fraction of sp³-hybridized carbons (Fsp3) is 0.700. The molecule has 0 aromatic rings. The van der Waals surface area contributed by atoms with Gasteiger partial charge in [0, 0.05) is 0 Å². The van der Waals surface area contributed by atoms with E-state index in [2.05, 4.69) is 0 Å². The van der Waals surface area contributed by atoms with Crippen LogP contribution in [0, 0.1) is 17.3 Å². The van der Waals surface area contributed by atoms with Crippen molar-refractivity contribution in [1.82, 2.24) is 0 Å². The third-order valence-electron chi connectivity index (χ3n) is 3.16. The second-order valence-corrected chi connectivity index (χ2v) is 5.16. The summed E-state index contributed by atoms with van der Waals surface area (Å²) in [6.45, 7) is 2.92. The Bertz CT molecular complexity index is 400. The summed E-state index contributed by atoms with van der Waals surface area (Å²) in [7, 11) is 0. The van der Waals surface area contributed by atoms with E-state index >= 15 is 0 Å². The molecule has 0 aromatic heterocycles. The summed E-state index contributed by atoms with van der Waals surface area (Å²) in [6.07, 6.45) is -5.30. The van der Waals surface area contributed by atoms with Crippen LogP contribution in [0.3, 0.4) is 0 Å². The molecule has 8 heteroatoms. The van der Waals surface area contributed by atoms with Crippen LogP contribution in [0.2, 0.25) is 0 Å². The summed E-state index contributed by atoms with van der Waals surface area (Å²) in [6, 6.07) is 0. The molecule has 104 valence electrons. The molecule has 0 spiro atoms. The second-order valence-electron chi connectivity index (χ2n) is 4.75. The van der Waals surface area contributed by atoms with Crippen LogP contribution in [0.15, 0.2) is 11.1 Å². The molecule has 0 aliphatic heterocycles. The van der Waals surface area contributed by atoms with Gasteiger partial charge in [-0.15, -0.1) is 0 Å². The quantitative estimate of drug-likeness (QED) is 0.806. The largest absolute Gasteiger partial charge is 0.481 e. The van der Waals surface area contributed by atoms with Gasteiger partial charge >= 0.3 is 18.1 Å². The van der Waals surface area contributed by atoms with Gasteiger partial charge in [-0.1, -0.05) is 31.5 Å². The Kier molecular flexibility index (Phi) is 3.45. The predicted molar refractivity (Wildman–Crippen MR) is 53.3 cm³/mol. The first-order chi connectivity index (χ1) is 7.83. The van der Waals surface area contributed by atoms with Crippen LogP contribution in [-0.4, -0.2) is 23.2 Å². The highest BCUT2D eigenvalue weighted by atomic mass is 35.5. The molecule has 1 N–H and O–H groups in total. The summed E-state index contributed by atoms with van der Waals surface area (Å²) in [5.74, 6) is -8.34. The molecule has 0 radical (unpaired) electrons. The Morgan fingerprint density at radius 3 is 2.00 bits per heavy atom. The lowest BCUT2D eigenvalue weighted by atomic mass is 10.1. The number of carboxylic acids is 1. The number of carbonyl (C=O) groups is 1. The first-order valence-electron chi connectivity index (χ1n) is 4.88. The second kappa shape index (κ2) is 4.08. The van der Waals surface area contributed by atoms with Crippen molar-refractivity contribution in [2.24, 2.45) is 17.3 Å². The summed E-state index contributed by atoms with van der Waals surface area (Å²) < 4.78 is 61.7. The number of halogens is 6. The number of hydrogen-bond donors (Lipinski definition) is 1. The molecule has 0 amide bonds. The minimum Gasteiger partial charge on any atom is -0.481 e. The fourth-order valence-corrected chi connectivity index (χ4v) is 2.10. The lowest BCUT2D eigenvalue weighted by Crippen LogP contribution is -2.36. The highest BCUT2D eigenvalue weighted by molar-refractivity contribution is 6.30. The number of hydrogen-bond acceptors (Lipinski definition) is 1. The van der Waals surface area contributed by atoms with E-state index < -0.39 is 40.4 Å². The van der Waals surface area contributed by atoms with Crippen LogP contribution < -0.4 is 0 Å². The van der Waals surface area contributed by atoms with Crippen LogP contribution in [0.4, 0.5) is 22.0 Å². The topological polar surface area (TPSA) is 37.3 Å². The van der Waals surface area contributed by atoms with E-state index in [-0.39, 0.29) is 0 Å². The number of alkyl halides is 5. The lowest BCUT2D eigenvalue weighted by Gasteiger charge is -2.18.